The van der Waals surface area contributed by atoms with Crippen LogP contribution in [0.1, 0.15) is 36.5 Å². The molecular weight excluding hydrogens is 460 g/mol. The molecule has 0 aliphatic carbocycles. The molecule has 3 rings (SSSR count). The predicted molar refractivity (Wildman–Crippen MR) is 141 cm³/mol. The Balaban J connectivity index is 1.86. The molecule has 184 valence electrons. The van der Waals surface area contributed by atoms with Gasteiger partial charge >= 0.3 is 0 Å². The van der Waals surface area contributed by atoms with Gasteiger partial charge in [0.15, 0.2) is 6.61 Å². The van der Waals surface area contributed by atoms with Crippen LogP contribution in [-0.2, 0) is 22.6 Å². The number of carbonyl (C=O) groups is 2. The minimum Gasteiger partial charge on any atom is -0.484 e. The maximum atomic E-state index is 13.5. The van der Waals surface area contributed by atoms with Crippen molar-refractivity contribution < 1.29 is 14.3 Å². The van der Waals surface area contributed by atoms with Gasteiger partial charge in [-0.15, -0.1) is 0 Å². The Hall–Kier alpha value is -3.31. The van der Waals surface area contributed by atoms with E-state index < -0.39 is 6.04 Å². The lowest BCUT2D eigenvalue weighted by Gasteiger charge is -2.31. The molecule has 0 radical (unpaired) electrons. The van der Waals surface area contributed by atoms with Crippen LogP contribution in [0.3, 0.4) is 0 Å². The second kappa shape index (κ2) is 13.5. The van der Waals surface area contributed by atoms with Crippen LogP contribution in [0.15, 0.2) is 78.9 Å². The third-order valence-electron chi connectivity index (χ3n) is 5.79. The number of carbonyl (C=O) groups excluding carboxylic acids is 2. The summed E-state index contributed by atoms with van der Waals surface area (Å²) in [6.07, 6.45) is 2.28. The molecule has 0 fully saturated rings. The zero-order chi connectivity index (χ0) is 25.0. The lowest BCUT2D eigenvalue weighted by atomic mass is 10.0. The second-order valence-corrected chi connectivity index (χ2v) is 8.96. The van der Waals surface area contributed by atoms with Gasteiger partial charge in [0.05, 0.1) is 0 Å². The summed E-state index contributed by atoms with van der Waals surface area (Å²) < 4.78 is 5.82. The number of ether oxygens (including phenoxy) is 1. The van der Waals surface area contributed by atoms with Crippen LogP contribution in [0.2, 0.25) is 5.02 Å². The van der Waals surface area contributed by atoms with Gasteiger partial charge < -0.3 is 15.0 Å². The fraction of sp³-hybridized carbons (Fsp3) is 0.310. The molecule has 5 nitrogen and oxygen atoms in total. The topological polar surface area (TPSA) is 58.6 Å². The molecule has 1 unspecified atom stereocenters. The van der Waals surface area contributed by atoms with Crippen molar-refractivity contribution in [1.82, 2.24) is 10.2 Å². The Morgan fingerprint density at radius 3 is 2.26 bits per heavy atom. The van der Waals surface area contributed by atoms with Crippen molar-refractivity contribution >= 4 is 23.4 Å². The molecule has 6 heteroatoms. The third-order valence-corrected chi connectivity index (χ3v) is 6.21. The normalized spacial score (nSPS) is 11.5. The number of amides is 2. The minimum atomic E-state index is -0.669. The van der Waals surface area contributed by atoms with E-state index in [1.807, 2.05) is 67.6 Å². The summed E-state index contributed by atoms with van der Waals surface area (Å²) in [7, 11) is 0. The monoisotopic (exact) mass is 492 g/mol. The number of nitrogens with zero attached hydrogens (tertiary/aromatic N) is 1. The van der Waals surface area contributed by atoms with E-state index in [9.17, 15) is 9.59 Å². The maximum Gasteiger partial charge on any atom is 0.261 e. The van der Waals surface area contributed by atoms with Crippen LogP contribution < -0.4 is 10.1 Å². The second-order valence-electron chi connectivity index (χ2n) is 8.56. The smallest absolute Gasteiger partial charge is 0.261 e. The zero-order valence-corrected chi connectivity index (χ0v) is 21.1. The molecule has 0 aliphatic rings. The van der Waals surface area contributed by atoms with E-state index >= 15 is 0 Å². The molecule has 0 saturated heterocycles. The molecule has 3 aromatic rings. The Kier molecular flexibility index (Phi) is 10.2. The molecule has 0 aliphatic heterocycles. The molecule has 0 heterocycles. The van der Waals surface area contributed by atoms with Gasteiger partial charge in [-0.3, -0.25) is 9.59 Å². The summed E-state index contributed by atoms with van der Waals surface area (Å²) in [6, 6.07) is 24.1. The zero-order valence-electron chi connectivity index (χ0n) is 20.4. The number of halogens is 1. The summed E-state index contributed by atoms with van der Waals surface area (Å²) in [5.74, 6) is 0.147. The molecule has 0 saturated carbocycles. The first-order chi connectivity index (χ1) is 17.0. The van der Waals surface area contributed by atoms with Gasteiger partial charge in [-0.05, 0) is 48.2 Å². The number of benzene rings is 3. The first kappa shape index (κ1) is 26.3. The van der Waals surface area contributed by atoms with Crippen molar-refractivity contribution in [2.24, 2.45) is 0 Å². The van der Waals surface area contributed by atoms with E-state index in [1.54, 1.807) is 23.1 Å². The van der Waals surface area contributed by atoms with Crippen LogP contribution >= 0.6 is 11.6 Å². The summed E-state index contributed by atoms with van der Waals surface area (Å²) in [5, 5.41) is 3.66. The van der Waals surface area contributed by atoms with Gasteiger partial charge in [0.25, 0.3) is 5.91 Å². The van der Waals surface area contributed by atoms with Gasteiger partial charge in [-0.1, -0.05) is 85.6 Å². The fourth-order valence-corrected chi connectivity index (χ4v) is 3.89. The van der Waals surface area contributed by atoms with Crippen LogP contribution in [0.25, 0.3) is 0 Å². The van der Waals surface area contributed by atoms with Crippen molar-refractivity contribution in [2.45, 2.75) is 45.7 Å². The van der Waals surface area contributed by atoms with Crippen molar-refractivity contribution in [1.29, 1.82) is 0 Å². The van der Waals surface area contributed by atoms with Crippen molar-refractivity contribution in [2.75, 3.05) is 13.2 Å². The highest BCUT2D eigenvalue weighted by Gasteiger charge is 2.30. The third kappa shape index (κ3) is 8.15. The van der Waals surface area contributed by atoms with Crippen LogP contribution in [0.5, 0.6) is 5.75 Å². The van der Waals surface area contributed by atoms with E-state index in [4.69, 9.17) is 16.3 Å². The molecule has 3 aromatic carbocycles. The number of nitrogens with one attached hydrogen (secondary N) is 1. The molecule has 35 heavy (non-hydrogen) atoms. The standard InChI is InChI=1S/C29H33ClN2O3/c1-3-4-17-31-29(34)27(19-23-11-7-5-8-12-23)32(20-24-13-9-6-10-14-24)28(33)21-35-25-15-16-26(30)22(2)18-25/h5-16,18,27H,3-4,17,19-21H2,1-2H3,(H,31,34). The van der Waals surface area contributed by atoms with Gasteiger partial charge in [-0.25, -0.2) is 0 Å². The predicted octanol–water partition coefficient (Wildman–Crippen LogP) is 5.58. The minimum absolute atomic E-state index is 0.158. The summed E-state index contributed by atoms with van der Waals surface area (Å²) in [5.41, 5.74) is 2.81. The van der Waals surface area contributed by atoms with Crippen molar-refractivity contribution in [3.8, 4) is 5.75 Å². The number of unbranched alkanes of at least 4 members (excludes halogenated alkanes) is 1. The summed E-state index contributed by atoms with van der Waals surface area (Å²) in [6.45, 7) is 4.67. The molecule has 1 atom stereocenters. The Morgan fingerprint density at radius 2 is 1.63 bits per heavy atom. The highest BCUT2D eigenvalue weighted by Crippen LogP contribution is 2.21. The fourth-order valence-electron chi connectivity index (χ4n) is 3.78. The number of hydrogen-bond acceptors (Lipinski definition) is 3. The van der Waals surface area contributed by atoms with E-state index in [1.165, 1.54) is 0 Å². The Bertz CT molecular complexity index is 1090. The van der Waals surface area contributed by atoms with Gasteiger partial charge in [-0.2, -0.15) is 0 Å². The average Bonchev–Trinajstić information content (AvgIpc) is 2.88. The van der Waals surface area contributed by atoms with E-state index in [0.717, 1.165) is 29.5 Å². The van der Waals surface area contributed by atoms with Crippen LogP contribution in [-0.4, -0.2) is 35.9 Å². The van der Waals surface area contributed by atoms with Crippen LogP contribution in [0.4, 0.5) is 0 Å². The highest BCUT2D eigenvalue weighted by molar-refractivity contribution is 6.31. The Morgan fingerprint density at radius 1 is 0.971 bits per heavy atom. The van der Waals surface area contributed by atoms with E-state index in [2.05, 4.69) is 12.2 Å². The highest BCUT2D eigenvalue weighted by atomic mass is 35.5. The summed E-state index contributed by atoms with van der Waals surface area (Å²) in [4.78, 5) is 28.5. The number of aryl methyl sites for hydroxylation is 1. The Labute approximate surface area is 213 Å². The first-order valence-electron chi connectivity index (χ1n) is 12.0. The van der Waals surface area contributed by atoms with Gasteiger partial charge in [0, 0.05) is 24.5 Å². The molecule has 0 spiro atoms. The average molecular weight is 493 g/mol. The lowest BCUT2D eigenvalue weighted by molar-refractivity contribution is -0.142. The maximum absolute atomic E-state index is 13.5. The molecule has 1 N–H and O–H groups in total. The van der Waals surface area contributed by atoms with E-state index in [-0.39, 0.29) is 18.4 Å². The molecule has 2 amide bonds. The van der Waals surface area contributed by atoms with Crippen LogP contribution in [0, 0.1) is 6.92 Å². The van der Waals surface area contributed by atoms with Crippen molar-refractivity contribution in [3.63, 3.8) is 0 Å². The van der Waals surface area contributed by atoms with Gasteiger partial charge in [0.2, 0.25) is 5.91 Å². The number of rotatable bonds is 12. The molecular formula is C29H33ClN2O3. The lowest BCUT2D eigenvalue weighted by Crippen LogP contribution is -2.51. The number of hydrogen-bond donors (Lipinski definition) is 1. The molecule has 0 aromatic heterocycles. The summed E-state index contributed by atoms with van der Waals surface area (Å²) >= 11 is 6.11. The first-order valence-corrected chi connectivity index (χ1v) is 12.4. The van der Waals surface area contributed by atoms with Gasteiger partial charge in [0.1, 0.15) is 11.8 Å². The SMILES string of the molecule is CCCCNC(=O)C(Cc1ccccc1)N(Cc1ccccc1)C(=O)COc1ccc(Cl)c(C)c1. The molecule has 0 bridgehead atoms. The largest absolute Gasteiger partial charge is 0.484 e. The quantitative estimate of drug-likeness (QED) is 0.335. The van der Waals surface area contributed by atoms with E-state index in [0.29, 0.717) is 30.3 Å². The van der Waals surface area contributed by atoms with Crippen molar-refractivity contribution in [3.05, 3.63) is 101 Å².